The molecule has 1 saturated carbocycles. The molecule has 1 heterocycles. The van der Waals surface area contributed by atoms with Crippen LogP contribution in [0.3, 0.4) is 0 Å². The Kier molecular flexibility index (Phi) is 5.82. The lowest BCUT2D eigenvalue weighted by molar-refractivity contribution is -0.136. The number of nitrogens with zero attached hydrogens (tertiary/aromatic N) is 1. The fourth-order valence-corrected chi connectivity index (χ4v) is 4.18. The third-order valence-electron chi connectivity index (χ3n) is 5.85. The van der Waals surface area contributed by atoms with E-state index in [9.17, 15) is 4.79 Å². The van der Waals surface area contributed by atoms with Gasteiger partial charge in [-0.2, -0.15) is 0 Å². The van der Waals surface area contributed by atoms with Crippen LogP contribution in [0.15, 0.2) is 24.3 Å². The lowest BCUT2D eigenvalue weighted by atomic mass is 9.77. The summed E-state index contributed by atoms with van der Waals surface area (Å²) in [5, 5.41) is 0. The van der Waals surface area contributed by atoms with Crippen LogP contribution in [0, 0.1) is 5.41 Å². The molecule has 24 heavy (non-hydrogen) atoms. The fourth-order valence-electron chi connectivity index (χ4n) is 4.18. The van der Waals surface area contributed by atoms with Gasteiger partial charge in [0.15, 0.2) is 0 Å². The summed E-state index contributed by atoms with van der Waals surface area (Å²) in [5.74, 6) is 1.14. The monoisotopic (exact) mass is 352 g/mol. The average molecular weight is 353 g/mol. The first-order chi connectivity index (χ1) is 11.0. The Morgan fingerprint density at radius 3 is 2.33 bits per heavy atom. The van der Waals surface area contributed by atoms with Crippen LogP contribution >= 0.6 is 12.4 Å². The van der Waals surface area contributed by atoms with Gasteiger partial charge < -0.3 is 15.4 Å². The van der Waals surface area contributed by atoms with Gasteiger partial charge in [0.2, 0.25) is 5.91 Å². The Morgan fingerprint density at radius 1 is 1.21 bits per heavy atom. The normalized spacial score (nSPS) is 25.4. The molecule has 134 valence electrons. The molecule has 1 unspecified atom stereocenters. The number of benzene rings is 1. The highest BCUT2D eigenvalue weighted by Crippen LogP contribution is 2.44. The average Bonchev–Trinajstić information content (AvgIpc) is 3.23. The number of likely N-dealkylation sites (tertiary alicyclic amines) is 1. The summed E-state index contributed by atoms with van der Waals surface area (Å²) in [6, 6.07) is 8.08. The van der Waals surface area contributed by atoms with Gasteiger partial charge in [-0.25, -0.2) is 0 Å². The quantitative estimate of drug-likeness (QED) is 0.905. The fraction of sp³-hybridized carbons (Fsp3) is 0.632. The zero-order chi connectivity index (χ0) is 16.5. The van der Waals surface area contributed by atoms with Crippen LogP contribution in [0.1, 0.15) is 44.6 Å². The largest absolute Gasteiger partial charge is 0.497 e. The summed E-state index contributed by atoms with van der Waals surface area (Å²) in [7, 11) is 1.67. The zero-order valence-corrected chi connectivity index (χ0v) is 15.5. The molecule has 0 radical (unpaired) electrons. The molecular formula is C19H29ClN2O2. The van der Waals surface area contributed by atoms with Gasteiger partial charge in [0.25, 0.3) is 0 Å². The van der Waals surface area contributed by atoms with Crippen molar-refractivity contribution in [3.63, 3.8) is 0 Å². The van der Waals surface area contributed by atoms with Crippen molar-refractivity contribution < 1.29 is 9.53 Å². The number of carbonyl (C=O) groups is 1. The highest BCUT2D eigenvalue weighted by atomic mass is 35.5. The van der Waals surface area contributed by atoms with E-state index in [1.54, 1.807) is 7.11 Å². The Morgan fingerprint density at radius 2 is 1.83 bits per heavy atom. The summed E-state index contributed by atoms with van der Waals surface area (Å²) < 4.78 is 5.26. The first-order valence-electron chi connectivity index (χ1n) is 8.67. The van der Waals surface area contributed by atoms with Crippen LogP contribution in [-0.4, -0.2) is 37.6 Å². The molecule has 2 N–H and O–H groups in total. The summed E-state index contributed by atoms with van der Waals surface area (Å²) in [6.07, 6.45) is 5.16. The van der Waals surface area contributed by atoms with Crippen molar-refractivity contribution in [1.29, 1.82) is 0 Å². The van der Waals surface area contributed by atoms with Gasteiger partial charge in [0.1, 0.15) is 5.75 Å². The summed E-state index contributed by atoms with van der Waals surface area (Å²) in [5.41, 5.74) is 6.79. The van der Waals surface area contributed by atoms with Gasteiger partial charge >= 0.3 is 0 Å². The van der Waals surface area contributed by atoms with Crippen LogP contribution in [0.5, 0.6) is 5.75 Å². The first kappa shape index (κ1) is 19.1. The molecule has 1 atom stereocenters. The number of methoxy groups -OCH3 is 1. The lowest BCUT2D eigenvalue weighted by Crippen LogP contribution is -2.45. The second-order valence-corrected chi connectivity index (χ2v) is 7.51. The van der Waals surface area contributed by atoms with Crippen LogP contribution in [0.25, 0.3) is 0 Å². The third-order valence-corrected chi connectivity index (χ3v) is 5.85. The molecule has 3 rings (SSSR count). The van der Waals surface area contributed by atoms with E-state index < -0.39 is 0 Å². The molecule has 1 aliphatic heterocycles. The number of rotatable bonds is 4. The van der Waals surface area contributed by atoms with Gasteiger partial charge in [0, 0.05) is 13.1 Å². The molecule has 1 amide bonds. The van der Waals surface area contributed by atoms with E-state index in [-0.39, 0.29) is 23.2 Å². The molecule has 1 aromatic rings. The van der Waals surface area contributed by atoms with Gasteiger partial charge in [0.05, 0.1) is 12.5 Å². The molecule has 4 nitrogen and oxygen atoms in total. The van der Waals surface area contributed by atoms with E-state index in [1.165, 1.54) is 0 Å². The topological polar surface area (TPSA) is 55.6 Å². The highest BCUT2D eigenvalue weighted by molar-refractivity contribution is 5.89. The van der Waals surface area contributed by atoms with Crippen molar-refractivity contribution in [3.8, 4) is 5.75 Å². The van der Waals surface area contributed by atoms with Crippen LogP contribution in [0.4, 0.5) is 0 Å². The number of amides is 1. The highest BCUT2D eigenvalue weighted by Gasteiger charge is 2.47. The molecule has 1 aromatic carbocycles. The zero-order valence-electron chi connectivity index (χ0n) is 14.7. The van der Waals surface area contributed by atoms with Crippen LogP contribution in [0.2, 0.25) is 0 Å². The van der Waals surface area contributed by atoms with Crippen molar-refractivity contribution in [2.75, 3.05) is 26.7 Å². The maximum absolute atomic E-state index is 13.4. The van der Waals surface area contributed by atoms with E-state index in [0.29, 0.717) is 12.5 Å². The molecule has 0 aromatic heterocycles. The number of hydrogen-bond donors (Lipinski definition) is 1. The molecular weight excluding hydrogens is 324 g/mol. The summed E-state index contributed by atoms with van der Waals surface area (Å²) >= 11 is 0. The van der Waals surface area contributed by atoms with Crippen molar-refractivity contribution in [2.24, 2.45) is 11.1 Å². The smallest absolute Gasteiger partial charge is 0.233 e. The number of ether oxygens (including phenoxy) is 1. The van der Waals surface area contributed by atoms with E-state index in [1.807, 2.05) is 12.1 Å². The molecule has 5 heteroatoms. The number of carbonyl (C=O) groups excluding carboxylic acids is 1. The predicted octanol–water partition coefficient (Wildman–Crippen LogP) is 3.13. The Hall–Kier alpha value is -1.26. The number of nitrogens with two attached hydrogens (primary N) is 1. The molecule has 1 aliphatic carbocycles. The summed E-state index contributed by atoms with van der Waals surface area (Å²) in [6.45, 7) is 4.46. The Balaban J connectivity index is 0.00000208. The lowest BCUT2D eigenvalue weighted by Gasteiger charge is -2.34. The van der Waals surface area contributed by atoms with Gasteiger partial charge in [-0.15, -0.1) is 12.4 Å². The van der Waals surface area contributed by atoms with Crippen molar-refractivity contribution >= 4 is 18.3 Å². The van der Waals surface area contributed by atoms with Crippen LogP contribution < -0.4 is 10.5 Å². The van der Waals surface area contributed by atoms with Gasteiger partial charge in [-0.3, -0.25) is 4.79 Å². The van der Waals surface area contributed by atoms with E-state index in [0.717, 1.165) is 56.5 Å². The van der Waals surface area contributed by atoms with Crippen molar-refractivity contribution in [2.45, 2.75) is 44.4 Å². The second kappa shape index (κ2) is 7.32. The van der Waals surface area contributed by atoms with Crippen LogP contribution in [-0.2, 0) is 10.2 Å². The summed E-state index contributed by atoms with van der Waals surface area (Å²) in [4.78, 5) is 15.4. The van der Waals surface area contributed by atoms with E-state index in [4.69, 9.17) is 10.5 Å². The third kappa shape index (κ3) is 3.27. The Labute approximate surface area is 151 Å². The minimum atomic E-state index is -0.341. The SMILES string of the molecule is COc1ccc(C2(C(=O)N3CCC(C)(CN)C3)CCCC2)cc1.Cl. The first-order valence-corrected chi connectivity index (χ1v) is 8.67. The van der Waals surface area contributed by atoms with Crippen molar-refractivity contribution in [1.82, 2.24) is 4.90 Å². The second-order valence-electron chi connectivity index (χ2n) is 7.51. The minimum Gasteiger partial charge on any atom is -0.497 e. The number of halogens is 1. The molecule has 1 saturated heterocycles. The predicted molar refractivity (Wildman–Crippen MR) is 98.7 cm³/mol. The number of hydrogen-bond acceptors (Lipinski definition) is 3. The van der Waals surface area contributed by atoms with E-state index >= 15 is 0 Å². The minimum absolute atomic E-state index is 0. The molecule has 2 aliphatic rings. The molecule has 0 spiro atoms. The maximum Gasteiger partial charge on any atom is 0.233 e. The van der Waals surface area contributed by atoms with Crippen molar-refractivity contribution in [3.05, 3.63) is 29.8 Å². The van der Waals surface area contributed by atoms with E-state index in [2.05, 4.69) is 24.0 Å². The van der Waals surface area contributed by atoms with Gasteiger partial charge in [-0.05, 0) is 48.9 Å². The Bertz CT molecular complexity index is 569. The molecule has 2 fully saturated rings. The maximum atomic E-state index is 13.4. The van der Waals surface area contributed by atoms with Gasteiger partial charge in [-0.1, -0.05) is 31.9 Å². The standard InChI is InChI=1S/C19H28N2O2.ClH/c1-18(13-20)11-12-21(14-18)17(22)19(9-3-4-10-19)15-5-7-16(23-2)8-6-15;/h5-8H,3-4,9-14,20H2,1-2H3;1H. The molecule has 0 bridgehead atoms.